The molecule has 112 valence electrons. The molecular weight excluding hydrogens is 278 g/mol. The van der Waals surface area contributed by atoms with Gasteiger partial charge >= 0.3 is 0 Å². The van der Waals surface area contributed by atoms with E-state index in [2.05, 4.69) is 10.0 Å². The van der Waals surface area contributed by atoms with Gasteiger partial charge in [-0.15, -0.1) is 0 Å². The van der Waals surface area contributed by atoms with E-state index >= 15 is 0 Å². The molecule has 0 bridgehead atoms. The highest BCUT2D eigenvalue weighted by atomic mass is 32.2. The van der Waals surface area contributed by atoms with Gasteiger partial charge in [0, 0.05) is 6.61 Å². The minimum absolute atomic E-state index is 0.192. The van der Waals surface area contributed by atoms with E-state index < -0.39 is 10.0 Å². The molecule has 0 aliphatic carbocycles. The van der Waals surface area contributed by atoms with Crippen LogP contribution in [-0.2, 0) is 14.8 Å². The predicted molar refractivity (Wildman–Crippen MR) is 79.2 cm³/mol. The molecule has 2 rings (SSSR count). The van der Waals surface area contributed by atoms with Crippen molar-refractivity contribution in [3.8, 4) is 0 Å². The van der Waals surface area contributed by atoms with Gasteiger partial charge in [-0.25, -0.2) is 13.1 Å². The predicted octanol–water partition coefficient (Wildman–Crippen LogP) is 1.16. The van der Waals surface area contributed by atoms with Gasteiger partial charge in [-0.2, -0.15) is 0 Å². The lowest BCUT2D eigenvalue weighted by molar-refractivity contribution is 0.0540. The van der Waals surface area contributed by atoms with Crippen LogP contribution in [-0.4, -0.2) is 34.2 Å². The smallest absolute Gasteiger partial charge is 0.240 e. The highest BCUT2D eigenvalue weighted by molar-refractivity contribution is 7.89. The molecule has 6 nitrogen and oxygen atoms in total. The Hall–Kier alpha value is -1.31. The summed E-state index contributed by atoms with van der Waals surface area (Å²) in [6.45, 7) is 3.39. The van der Waals surface area contributed by atoms with Crippen LogP contribution in [0, 0.1) is 0 Å². The summed E-state index contributed by atoms with van der Waals surface area (Å²) >= 11 is 0. The van der Waals surface area contributed by atoms with Crippen molar-refractivity contribution < 1.29 is 13.2 Å². The second-order valence-corrected chi connectivity index (χ2v) is 7.18. The molecule has 20 heavy (non-hydrogen) atoms. The summed E-state index contributed by atoms with van der Waals surface area (Å²) in [5.74, 6) is 0. The number of rotatable bonds is 4. The van der Waals surface area contributed by atoms with E-state index in [1.165, 1.54) is 13.1 Å². The zero-order valence-corrected chi connectivity index (χ0v) is 12.6. The fourth-order valence-electron chi connectivity index (χ4n) is 2.29. The van der Waals surface area contributed by atoms with Gasteiger partial charge in [0.2, 0.25) is 10.0 Å². The van der Waals surface area contributed by atoms with Crippen molar-refractivity contribution >= 4 is 21.4 Å². The average Bonchev–Trinajstić information content (AvgIpc) is 2.41. The second kappa shape index (κ2) is 5.59. The van der Waals surface area contributed by atoms with Crippen LogP contribution in [0.15, 0.2) is 23.1 Å². The first kappa shape index (κ1) is 15.1. The van der Waals surface area contributed by atoms with Crippen molar-refractivity contribution in [1.29, 1.82) is 0 Å². The summed E-state index contributed by atoms with van der Waals surface area (Å²) < 4.78 is 31.4. The number of hydrogen-bond donors (Lipinski definition) is 3. The van der Waals surface area contributed by atoms with Crippen LogP contribution < -0.4 is 15.8 Å². The van der Waals surface area contributed by atoms with Crippen LogP contribution in [0.1, 0.15) is 19.8 Å². The number of nitrogen functional groups attached to an aromatic ring is 1. The monoisotopic (exact) mass is 299 g/mol. The number of sulfonamides is 1. The minimum atomic E-state index is -3.47. The van der Waals surface area contributed by atoms with Crippen molar-refractivity contribution in [2.75, 3.05) is 31.3 Å². The van der Waals surface area contributed by atoms with Crippen molar-refractivity contribution in [3.05, 3.63) is 18.2 Å². The largest absolute Gasteiger partial charge is 0.397 e. The molecule has 0 radical (unpaired) electrons. The van der Waals surface area contributed by atoms with Crippen LogP contribution in [0.25, 0.3) is 0 Å². The van der Waals surface area contributed by atoms with Gasteiger partial charge in [0.15, 0.2) is 0 Å². The molecule has 1 aromatic carbocycles. The van der Waals surface area contributed by atoms with Gasteiger partial charge in [-0.05, 0) is 45.0 Å². The standard InChI is InChI=1S/C13H21N3O3S/c1-13(6-3-7-19-9-13)16-12-8-10(4-5-11(12)14)20(17,18)15-2/h4-5,8,15-16H,3,6-7,9,14H2,1-2H3. The Balaban J connectivity index is 2.29. The molecule has 0 spiro atoms. The molecule has 1 heterocycles. The van der Waals surface area contributed by atoms with E-state index in [1.807, 2.05) is 6.92 Å². The summed E-state index contributed by atoms with van der Waals surface area (Å²) in [6.07, 6.45) is 1.92. The van der Waals surface area contributed by atoms with Gasteiger partial charge in [0.25, 0.3) is 0 Å². The van der Waals surface area contributed by atoms with Crippen molar-refractivity contribution in [1.82, 2.24) is 4.72 Å². The number of anilines is 2. The molecule has 1 saturated heterocycles. The Labute approximate surface area is 119 Å². The fraction of sp³-hybridized carbons (Fsp3) is 0.538. The molecular formula is C13H21N3O3S. The number of nitrogens with two attached hydrogens (primary N) is 1. The fourth-order valence-corrected chi connectivity index (χ4v) is 3.04. The first-order valence-electron chi connectivity index (χ1n) is 6.55. The summed E-state index contributed by atoms with van der Waals surface area (Å²) in [5.41, 5.74) is 6.84. The van der Waals surface area contributed by atoms with Crippen LogP contribution in [0.3, 0.4) is 0 Å². The van der Waals surface area contributed by atoms with E-state index in [9.17, 15) is 8.42 Å². The van der Waals surface area contributed by atoms with Crippen LogP contribution in [0.4, 0.5) is 11.4 Å². The normalized spacial score (nSPS) is 23.5. The van der Waals surface area contributed by atoms with Crippen LogP contribution in [0.5, 0.6) is 0 Å². The van der Waals surface area contributed by atoms with E-state index in [4.69, 9.17) is 10.5 Å². The summed E-state index contributed by atoms with van der Waals surface area (Å²) in [6, 6.07) is 4.65. The average molecular weight is 299 g/mol. The van der Waals surface area contributed by atoms with Crippen LogP contribution >= 0.6 is 0 Å². The van der Waals surface area contributed by atoms with Crippen LogP contribution in [0.2, 0.25) is 0 Å². The highest BCUT2D eigenvalue weighted by Crippen LogP contribution is 2.29. The quantitative estimate of drug-likeness (QED) is 0.725. The Bertz CT molecular complexity index is 581. The number of nitrogens with one attached hydrogen (secondary N) is 2. The summed E-state index contributed by atoms with van der Waals surface area (Å²) in [5, 5.41) is 3.32. The van der Waals surface area contributed by atoms with E-state index in [1.54, 1.807) is 12.1 Å². The SMILES string of the molecule is CNS(=O)(=O)c1ccc(N)c(NC2(C)CCCOC2)c1. The minimum Gasteiger partial charge on any atom is -0.397 e. The molecule has 1 aliphatic heterocycles. The van der Waals surface area contributed by atoms with Gasteiger partial charge in [0.1, 0.15) is 0 Å². The van der Waals surface area contributed by atoms with Gasteiger partial charge in [0.05, 0.1) is 28.4 Å². The van der Waals surface area contributed by atoms with E-state index in [-0.39, 0.29) is 10.4 Å². The Morgan fingerprint density at radius 3 is 2.75 bits per heavy atom. The zero-order valence-electron chi connectivity index (χ0n) is 11.8. The maximum absolute atomic E-state index is 11.8. The first-order chi connectivity index (χ1) is 9.36. The lowest BCUT2D eigenvalue weighted by Crippen LogP contribution is -2.43. The number of ether oxygens (including phenoxy) is 1. The van der Waals surface area contributed by atoms with Gasteiger partial charge in [-0.1, -0.05) is 0 Å². The number of benzene rings is 1. The topological polar surface area (TPSA) is 93.5 Å². The van der Waals surface area contributed by atoms with E-state index in [0.29, 0.717) is 18.0 Å². The zero-order chi connectivity index (χ0) is 14.8. The first-order valence-corrected chi connectivity index (χ1v) is 8.04. The lowest BCUT2D eigenvalue weighted by atomic mass is 9.94. The third-order valence-corrected chi connectivity index (χ3v) is 4.89. The van der Waals surface area contributed by atoms with Crippen molar-refractivity contribution in [2.45, 2.75) is 30.2 Å². The maximum atomic E-state index is 11.8. The second-order valence-electron chi connectivity index (χ2n) is 5.30. The molecule has 0 aromatic heterocycles. The molecule has 1 unspecified atom stereocenters. The van der Waals surface area contributed by atoms with E-state index in [0.717, 1.165) is 19.4 Å². The molecule has 4 N–H and O–H groups in total. The Morgan fingerprint density at radius 2 is 2.15 bits per heavy atom. The molecule has 1 aliphatic rings. The maximum Gasteiger partial charge on any atom is 0.240 e. The lowest BCUT2D eigenvalue weighted by Gasteiger charge is -2.35. The molecule has 1 fully saturated rings. The Kier molecular flexibility index (Phi) is 4.22. The highest BCUT2D eigenvalue weighted by Gasteiger charge is 2.28. The molecule has 7 heteroatoms. The molecule has 0 saturated carbocycles. The third-order valence-electron chi connectivity index (χ3n) is 3.48. The molecule has 1 aromatic rings. The summed E-state index contributed by atoms with van der Waals surface area (Å²) in [7, 11) is -2.09. The van der Waals surface area contributed by atoms with Crippen molar-refractivity contribution in [3.63, 3.8) is 0 Å². The van der Waals surface area contributed by atoms with Gasteiger partial charge in [-0.3, -0.25) is 0 Å². The molecule has 1 atom stereocenters. The third kappa shape index (κ3) is 3.23. The molecule has 0 amide bonds. The van der Waals surface area contributed by atoms with Gasteiger partial charge < -0.3 is 15.8 Å². The Morgan fingerprint density at radius 1 is 1.40 bits per heavy atom. The number of hydrogen-bond acceptors (Lipinski definition) is 5. The summed E-state index contributed by atoms with van der Waals surface area (Å²) in [4.78, 5) is 0.192. The van der Waals surface area contributed by atoms with Crippen molar-refractivity contribution in [2.24, 2.45) is 0 Å².